The summed E-state index contributed by atoms with van der Waals surface area (Å²) < 4.78 is 32.6. The lowest BCUT2D eigenvalue weighted by atomic mass is 10.1. The fraction of sp³-hybridized carbons (Fsp3) is 0.529. The zero-order chi connectivity index (χ0) is 20.4. The van der Waals surface area contributed by atoms with Crippen LogP contribution in [0.15, 0.2) is 29.2 Å². The predicted molar refractivity (Wildman–Crippen MR) is 95.8 cm³/mol. The summed E-state index contributed by atoms with van der Waals surface area (Å²) >= 11 is 0. The molecule has 1 heterocycles. The Balaban J connectivity index is 2.26. The highest BCUT2D eigenvalue weighted by molar-refractivity contribution is 7.89. The lowest BCUT2D eigenvalue weighted by molar-refractivity contribution is -0.141. The average molecular weight is 400 g/mol. The Labute approximate surface area is 158 Å². The van der Waals surface area contributed by atoms with Gasteiger partial charge in [0, 0.05) is 18.7 Å². The molecule has 3 N–H and O–H groups in total. The molecule has 1 aliphatic heterocycles. The molecule has 4 unspecified atom stereocenters. The van der Waals surface area contributed by atoms with Crippen LogP contribution in [-0.2, 0) is 19.6 Å². The van der Waals surface area contributed by atoms with Crippen LogP contribution < -0.4 is 5.32 Å². The number of carboxylic acid groups (broad SMARTS) is 1. The minimum atomic E-state index is -3.84. The smallest absolute Gasteiger partial charge is 0.328 e. The minimum absolute atomic E-state index is 0.0164. The van der Waals surface area contributed by atoms with Crippen molar-refractivity contribution in [2.24, 2.45) is 0 Å². The fourth-order valence-corrected chi connectivity index (χ4v) is 4.52. The summed E-state index contributed by atoms with van der Waals surface area (Å²) in [5, 5.41) is 20.7. The molecular formula is C17H24N2O7S. The Kier molecular flexibility index (Phi) is 6.58. The van der Waals surface area contributed by atoms with Gasteiger partial charge in [-0.15, -0.1) is 0 Å². The molecule has 1 fully saturated rings. The second kappa shape index (κ2) is 8.34. The van der Waals surface area contributed by atoms with Gasteiger partial charge in [0.2, 0.25) is 10.0 Å². The maximum absolute atomic E-state index is 12.9. The van der Waals surface area contributed by atoms with Crippen LogP contribution in [0.2, 0.25) is 0 Å². The first kappa shape index (κ1) is 21.3. The van der Waals surface area contributed by atoms with E-state index in [4.69, 9.17) is 9.84 Å². The molecule has 10 heteroatoms. The highest BCUT2D eigenvalue weighted by Gasteiger charge is 2.33. The third-order valence-electron chi connectivity index (χ3n) is 4.16. The molecule has 0 saturated carbocycles. The van der Waals surface area contributed by atoms with Crippen LogP contribution in [0.5, 0.6) is 0 Å². The van der Waals surface area contributed by atoms with Crippen LogP contribution in [-0.4, -0.2) is 72.3 Å². The van der Waals surface area contributed by atoms with Crippen molar-refractivity contribution in [1.29, 1.82) is 0 Å². The normalized spacial score (nSPS) is 23.4. The second-order valence-electron chi connectivity index (χ2n) is 6.64. The summed E-state index contributed by atoms with van der Waals surface area (Å²) in [5.74, 6) is -2.18. The molecule has 0 aromatic heterocycles. The van der Waals surface area contributed by atoms with E-state index >= 15 is 0 Å². The summed E-state index contributed by atoms with van der Waals surface area (Å²) in [6.45, 7) is 5.20. The van der Waals surface area contributed by atoms with Crippen molar-refractivity contribution in [3.63, 3.8) is 0 Å². The first-order valence-corrected chi connectivity index (χ1v) is 9.93. The topological polar surface area (TPSA) is 133 Å². The van der Waals surface area contributed by atoms with E-state index in [2.05, 4.69) is 5.32 Å². The van der Waals surface area contributed by atoms with Crippen molar-refractivity contribution in [2.75, 3.05) is 13.1 Å². The van der Waals surface area contributed by atoms with Crippen molar-refractivity contribution >= 4 is 21.9 Å². The molecule has 0 aliphatic carbocycles. The number of carbonyl (C=O) groups excluding carboxylic acids is 1. The Hall–Kier alpha value is -2.01. The molecule has 1 aliphatic rings. The van der Waals surface area contributed by atoms with Crippen LogP contribution in [0.25, 0.3) is 0 Å². The van der Waals surface area contributed by atoms with Gasteiger partial charge in [-0.05, 0) is 39.0 Å². The lowest BCUT2D eigenvalue weighted by Crippen LogP contribution is -2.48. The maximum atomic E-state index is 12.9. The number of carboxylic acids is 1. The third-order valence-corrected chi connectivity index (χ3v) is 5.98. The van der Waals surface area contributed by atoms with E-state index < -0.39 is 34.0 Å². The third kappa shape index (κ3) is 5.04. The summed E-state index contributed by atoms with van der Waals surface area (Å²) in [4.78, 5) is 23.4. The van der Waals surface area contributed by atoms with Gasteiger partial charge in [-0.25, -0.2) is 13.2 Å². The van der Waals surface area contributed by atoms with E-state index in [1.54, 1.807) is 13.8 Å². The van der Waals surface area contributed by atoms with E-state index in [9.17, 15) is 23.1 Å². The summed E-state index contributed by atoms with van der Waals surface area (Å²) in [5.41, 5.74) is -0.0164. The number of nitrogens with zero attached hydrogens (tertiary/aromatic N) is 1. The number of amides is 1. The van der Waals surface area contributed by atoms with Gasteiger partial charge < -0.3 is 20.3 Å². The van der Waals surface area contributed by atoms with Crippen molar-refractivity contribution < 1.29 is 33.0 Å². The SMILES string of the molecule is CC1CN(S(=O)(=O)c2cccc(C(=O)NC(C(=O)O)C(C)O)c2)CC(C)O1. The number of benzene rings is 1. The van der Waals surface area contributed by atoms with E-state index in [1.807, 2.05) is 0 Å². The van der Waals surface area contributed by atoms with Gasteiger partial charge in [-0.3, -0.25) is 4.79 Å². The van der Waals surface area contributed by atoms with Crippen molar-refractivity contribution in [3.05, 3.63) is 29.8 Å². The molecule has 0 radical (unpaired) electrons. The molecule has 9 nitrogen and oxygen atoms in total. The zero-order valence-electron chi connectivity index (χ0n) is 15.3. The van der Waals surface area contributed by atoms with Gasteiger partial charge in [0.25, 0.3) is 5.91 Å². The Bertz CT molecular complexity index is 799. The van der Waals surface area contributed by atoms with Crippen molar-refractivity contribution in [3.8, 4) is 0 Å². The number of aliphatic hydroxyl groups excluding tert-OH is 1. The number of ether oxygens (including phenoxy) is 1. The summed E-state index contributed by atoms with van der Waals surface area (Å²) in [6.07, 6.45) is -1.82. The molecule has 27 heavy (non-hydrogen) atoms. The largest absolute Gasteiger partial charge is 0.480 e. The van der Waals surface area contributed by atoms with Gasteiger partial charge in [0.05, 0.1) is 23.2 Å². The van der Waals surface area contributed by atoms with E-state index in [1.165, 1.54) is 35.5 Å². The maximum Gasteiger partial charge on any atom is 0.328 e. The molecule has 2 rings (SSSR count). The number of aliphatic hydroxyl groups is 1. The van der Waals surface area contributed by atoms with Gasteiger partial charge in [-0.1, -0.05) is 6.07 Å². The number of rotatable bonds is 6. The van der Waals surface area contributed by atoms with Crippen LogP contribution >= 0.6 is 0 Å². The van der Waals surface area contributed by atoms with Crippen LogP contribution in [0, 0.1) is 0 Å². The number of hydrogen-bond donors (Lipinski definition) is 3. The molecule has 0 bridgehead atoms. The number of hydrogen-bond acceptors (Lipinski definition) is 6. The Morgan fingerprint density at radius 1 is 1.26 bits per heavy atom. The van der Waals surface area contributed by atoms with Gasteiger partial charge in [0.15, 0.2) is 6.04 Å². The number of aliphatic carboxylic acids is 1. The molecular weight excluding hydrogens is 376 g/mol. The van der Waals surface area contributed by atoms with Crippen LogP contribution in [0.1, 0.15) is 31.1 Å². The highest BCUT2D eigenvalue weighted by atomic mass is 32.2. The van der Waals surface area contributed by atoms with Crippen LogP contribution in [0.4, 0.5) is 0 Å². The average Bonchev–Trinajstić information content (AvgIpc) is 2.58. The van der Waals surface area contributed by atoms with Gasteiger partial charge >= 0.3 is 5.97 Å². The fourth-order valence-electron chi connectivity index (χ4n) is 2.89. The van der Waals surface area contributed by atoms with Crippen molar-refractivity contribution in [1.82, 2.24) is 9.62 Å². The standard InChI is InChI=1S/C17H24N2O7S/c1-10-8-19(9-11(2)26-10)27(24,25)14-6-4-5-13(7-14)16(21)18-15(12(3)20)17(22)23/h4-7,10-12,15,20H,8-9H2,1-3H3,(H,18,21)(H,22,23). The predicted octanol–water partition coefficient (Wildman–Crippen LogP) is 0.0483. The van der Waals surface area contributed by atoms with E-state index in [-0.39, 0.29) is 35.8 Å². The number of carbonyl (C=O) groups is 2. The molecule has 1 amide bonds. The summed E-state index contributed by atoms with van der Waals surface area (Å²) in [7, 11) is -3.84. The van der Waals surface area contributed by atoms with Gasteiger partial charge in [-0.2, -0.15) is 4.31 Å². The number of sulfonamides is 1. The first-order chi connectivity index (χ1) is 12.5. The molecule has 1 saturated heterocycles. The summed E-state index contributed by atoms with van der Waals surface area (Å²) in [6, 6.07) is 3.85. The second-order valence-corrected chi connectivity index (χ2v) is 8.58. The minimum Gasteiger partial charge on any atom is -0.480 e. The molecule has 1 aromatic rings. The lowest BCUT2D eigenvalue weighted by Gasteiger charge is -2.34. The molecule has 1 aromatic carbocycles. The quantitative estimate of drug-likeness (QED) is 0.614. The molecule has 0 spiro atoms. The van der Waals surface area contributed by atoms with Crippen LogP contribution in [0.3, 0.4) is 0 Å². The highest BCUT2D eigenvalue weighted by Crippen LogP contribution is 2.22. The monoisotopic (exact) mass is 400 g/mol. The van der Waals surface area contributed by atoms with E-state index in [0.717, 1.165) is 0 Å². The van der Waals surface area contributed by atoms with Crippen molar-refractivity contribution in [2.45, 2.75) is 50.0 Å². The molecule has 150 valence electrons. The Morgan fingerprint density at radius 2 is 1.85 bits per heavy atom. The number of morpholine rings is 1. The first-order valence-electron chi connectivity index (χ1n) is 8.49. The number of nitrogens with one attached hydrogen (secondary N) is 1. The Morgan fingerprint density at radius 3 is 2.37 bits per heavy atom. The zero-order valence-corrected chi connectivity index (χ0v) is 16.1. The molecule has 4 atom stereocenters. The van der Waals surface area contributed by atoms with E-state index in [0.29, 0.717) is 0 Å². The van der Waals surface area contributed by atoms with Gasteiger partial charge in [0.1, 0.15) is 0 Å².